The number of aromatic carboxylic acids is 1. The molecule has 112 valence electrons. The molecule has 0 aromatic heterocycles. The minimum absolute atomic E-state index is 0.0304. The minimum Gasteiger partial charge on any atom is -0.478 e. The zero-order valence-electron chi connectivity index (χ0n) is 11.7. The third-order valence-corrected chi connectivity index (χ3v) is 4.74. The van der Waals surface area contributed by atoms with E-state index in [-0.39, 0.29) is 11.3 Å². The summed E-state index contributed by atoms with van der Waals surface area (Å²) < 4.78 is 0. The van der Waals surface area contributed by atoms with E-state index in [0.717, 1.165) is 13.1 Å². The highest BCUT2D eigenvalue weighted by Gasteiger charge is 2.35. The summed E-state index contributed by atoms with van der Waals surface area (Å²) in [5, 5.41) is 20.2. The predicted octanol–water partition coefficient (Wildman–Crippen LogP) is 2.92. The maximum absolute atomic E-state index is 11.4. The minimum atomic E-state index is -1.11. The Kier molecular flexibility index (Phi) is 3.53. The lowest BCUT2D eigenvalue weighted by atomic mass is 9.82. The molecule has 2 atom stereocenters. The van der Waals surface area contributed by atoms with Gasteiger partial charge in [0.25, 0.3) is 5.69 Å². The van der Waals surface area contributed by atoms with Gasteiger partial charge in [0, 0.05) is 25.2 Å². The van der Waals surface area contributed by atoms with Gasteiger partial charge in [-0.15, -0.1) is 0 Å². The second-order valence-electron chi connectivity index (χ2n) is 5.97. The van der Waals surface area contributed by atoms with Gasteiger partial charge >= 0.3 is 5.97 Å². The first-order valence-corrected chi connectivity index (χ1v) is 7.33. The molecule has 1 aromatic carbocycles. The van der Waals surface area contributed by atoms with Gasteiger partial charge in [0.1, 0.15) is 0 Å². The van der Waals surface area contributed by atoms with Gasteiger partial charge in [0.15, 0.2) is 0 Å². The van der Waals surface area contributed by atoms with Crippen LogP contribution in [0.1, 0.15) is 36.0 Å². The van der Waals surface area contributed by atoms with Crippen LogP contribution in [0.2, 0.25) is 0 Å². The highest BCUT2D eigenvalue weighted by molar-refractivity contribution is 5.95. The van der Waals surface area contributed by atoms with E-state index in [1.165, 1.54) is 37.8 Å². The molecule has 2 aliphatic rings. The number of carbonyl (C=O) groups is 1. The van der Waals surface area contributed by atoms with Gasteiger partial charge in [-0.05, 0) is 30.7 Å². The molecule has 0 radical (unpaired) electrons. The largest absolute Gasteiger partial charge is 0.478 e. The Bertz CT molecular complexity index is 573. The third kappa shape index (κ3) is 2.57. The molecule has 1 saturated carbocycles. The summed E-state index contributed by atoms with van der Waals surface area (Å²) >= 11 is 0. The molecule has 21 heavy (non-hydrogen) atoms. The quantitative estimate of drug-likeness (QED) is 0.683. The van der Waals surface area contributed by atoms with E-state index in [9.17, 15) is 20.0 Å². The number of nitro groups is 1. The van der Waals surface area contributed by atoms with Crippen LogP contribution in [0.15, 0.2) is 18.2 Å². The summed E-state index contributed by atoms with van der Waals surface area (Å²) in [6.45, 7) is 1.73. The monoisotopic (exact) mass is 290 g/mol. The van der Waals surface area contributed by atoms with E-state index in [1.807, 2.05) is 0 Å². The fraction of sp³-hybridized carbons (Fsp3) is 0.533. The number of nitrogens with zero attached hydrogens (tertiary/aromatic N) is 2. The number of rotatable bonds is 3. The number of nitro benzene ring substituents is 1. The molecule has 6 nitrogen and oxygen atoms in total. The number of anilines is 1. The van der Waals surface area contributed by atoms with Crippen molar-refractivity contribution >= 4 is 17.3 Å². The summed E-state index contributed by atoms with van der Waals surface area (Å²) in [7, 11) is 0. The van der Waals surface area contributed by atoms with E-state index >= 15 is 0 Å². The maximum Gasteiger partial charge on any atom is 0.338 e. The Hall–Kier alpha value is -2.11. The number of hydrogen-bond donors (Lipinski definition) is 1. The van der Waals surface area contributed by atoms with Crippen molar-refractivity contribution in [3.05, 3.63) is 33.9 Å². The van der Waals surface area contributed by atoms with Crippen LogP contribution in [0, 0.1) is 22.0 Å². The van der Waals surface area contributed by atoms with Gasteiger partial charge in [0.2, 0.25) is 0 Å². The van der Waals surface area contributed by atoms with Crippen LogP contribution in [-0.4, -0.2) is 29.1 Å². The SMILES string of the molecule is O=C(O)c1cc([N+](=O)[O-])ccc1N1CC2CCCCC2C1. The second-order valence-corrected chi connectivity index (χ2v) is 5.97. The molecule has 0 spiro atoms. The molecule has 1 aliphatic heterocycles. The average molecular weight is 290 g/mol. The van der Waals surface area contributed by atoms with E-state index < -0.39 is 10.9 Å². The van der Waals surface area contributed by atoms with E-state index in [1.54, 1.807) is 6.07 Å². The molecule has 1 heterocycles. The molecule has 0 amide bonds. The summed E-state index contributed by atoms with van der Waals surface area (Å²) in [6, 6.07) is 4.14. The molecule has 1 N–H and O–H groups in total. The van der Waals surface area contributed by atoms with Gasteiger partial charge in [-0.3, -0.25) is 10.1 Å². The Morgan fingerprint density at radius 1 is 1.24 bits per heavy atom. The van der Waals surface area contributed by atoms with Gasteiger partial charge in [0.05, 0.1) is 16.2 Å². The lowest BCUT2D eigenvalue weighted by Crippen LogP contribution is -2.22. The molecule has 1 saturated heterocycles. The average Bonchev–Trinajstić information content (AvgIpc) is 2.90. The summed E-state index contributed by atoms with van der Waals surface area (Å²) in [5.41, 5.74) is 0.470. The van der Waals surface area contributed by atoms with Crippen LogP contribution in [0.5, 0.6) is 0 Å². The maximum atomic E-state index is 11.4. The predicted molar refractivity (Wildman–Crippen MR) is 77.7 cm³/mol. The summed E-state index contributed by atoms with van der Waals surface area (Å²) in [5.74, 6) is 0.162. The smallest absolute Gasteiger partial charge is 0.338 e. The lowest BCUT2D eigenvalue weighted by Gasteiger charge is -2.22. The van der Waals surface area contributed by atoms with Crippen molar-refractivity contribution in [2.75, 3.05) is 18.0 Å². The van der Waals surface area contributed by atoms with Crippen LogP contribution in [-0.2, 0) is 0 Å². The number of carboxylic acids is 1. The zero-order chi connectivity index (χ0) is 15.0. The van der Waals surface area contributed by atoms with Gasteiger partial charge in [-0.2, -0.15) is 0 Å². The zero-order valence-corrected chi connectivity index (χ0v) is 11.7. The van der Waals surface area contributed by atoms with Crippen LogP contribution < -0.4 is 4.90 Å². The summed E-state index contributed by atoms with van der Waals surface area (Å²) in [4.78, 5) is 23.8. The Morgan fingerprint density at radius 3 is 2.38 bits per heavy atom. The van der Waals surface area contributed by atoms with Crippen molar-refractivity contribution < 1.29 is 14.8 Å². The molecule has 6 heteroatoms. The standard InChI is InChI=1S/C15H18N2O4/c18-15(19)13-7-12(17(20)21)5-6-14(13)16-8-10-3-1-2-4-11(10)9-16/h5-7,10-11H,1-4,8-9H2,(H,18,19). The second kappa shape index (κ2) is 5.35. The topological polar surface area (TPSA) is 83.7 Å². The number of benzene rings is 1. The first-order valence-electron chi connectivity index (χ1n) is 7.33. The molecule has 1 aliphatic carbocycles. The Morgan fingerprint density at radius 2 is 1.86 bits per heavy atom. The molecule has 2 fully saturated rings. The van der Waals surface area contributed by atoms with Gasteiger partial charge < -0.3 is 10.0 Å². The van der Waals surface area contributed by atoms with Crippen molar-refractivity contribution in [2.45, 2.75) is 25.7 Å². The lowest BCUT2D eigenvalue weighted by molar-refractivity contribution is -0.384. The summed E-state index contributed by atoms with van der Waals surface area (Å²) in [6.07, 6.45) is 4.91. The molecule has 1 aromatic rings. The molecule has 2 unspecified atom stereocenters. The van der Waals surface area contributed by atoms with Crippen LogP contribution in [0.4, 0.5) is 11.4 Å². The molecular formula is C15H18N2O4. The number of fused-ring (bicyclic) bond motifs is 1. The Labute approximate surface area is 122 Å². The normalized spacial score (nSPS) is 24.7. The van der Waals surface area contributed by atoms with Gasteiger partial charge in [-0.25, -0.2) is 4.79 Å². The van der Waals surface area contributed by atoms with Crippen LogP contribution in [0.25, 0.3) is 0 Å². The first-order chi connectivity index (χ1) is 10.1. The number of carboxylic acid groups (broad SMARTS) is 1. The van der Waals surface area contributed by atoms with Crippen molar-refractivity contribution in [2.24, 2.45) is 11.8 Å². The van der Waals surface area contributed by atoms with Crippen molar-refractivity contribution in [1.82, 2.24) is 0 Å². The van der Waals surface area contributed by atoms with Crippen molar-refractivity contribution in [3.63, 3.8) is 0 Å². The van der Waals surface area contributed by atoms with E-state index in [2.05, 4.69) is 4.90 Å². The van der Waals surface area contributed by atoms with E-state index in [0.29, 0.717) is 17.5 Å². The van der Waals surface area contributed by atoms with E-state index in [4.69, 9.17) is 0 Å². The van der Waals surface area contributed by atoms with Crippen LogP contribution >= 0.6 is 0 Å². The van der Waals surface area contributed by atoms with Crippen molar-refractivity contribution in [3.8, 4) is 0 Å². The molecule has 3 rings (SSSR count). The first kappa shape index (κ1) is 13.9. The Balaban J connectivity index is 1.91. The fourth-order valence-corrected chi connectivity index (χ4v) is 3.69. The number of hydrogen-bond acceptors (Lipinski definition) is 4. The third-order valence-electron chi connectivity index (χ3n) is 4.74. The number of non-ortho nitro benzene ring substituents is 1. The fourth-order valence-electron chi connectivity index (χ4n) is 3.69. The highest BCUT2D eigenvalue weighted by Crippen LogP contribution is 2.39. The van der Waals surface area contributed by atoms with Crippen molar-refractivity contribution in [1.29, 1.82) is 0 Å². The molecular weight excluding hydrogens is 272 g/mol. The van der Waals surface area contributed by atoms with Crippen LogP contribution in [0.3, 0.4) is 0 Å². The highest BCUT2D eigenvalue weighted by atomic mass is 16.6. The molecule has 0 bridgehead atoms. The van der Waals surface area contributed by atoms with Gasteiger partial charge in [-0.1, -0.05) is 12.8 Å².